The number of aromatic nitrogens is 1. The van der Waals surface area contributed by atoms with E-state index in [4.69, 9.17) is 26.6 Å². The zero-order valence-electron chi connectivity index (χ0n) is 25.3. The molecule has 3 aromatic rings. The molecule has 0 unspecified atom stereocenters. The lowest BCUT2D eigenvalue weighted by Gasteiger charge is -2.15. The second-order valence-corrected chi connectivity index (χ2v) is 11.3. The molecule has 39 heavy (non-hydrogen) atoms. The van der Waals surface area contributed by atoms with Crippen LogP contribution in [0.25, 0.3) is 0 Å². The first-order valence-corrected chi connectivity index (χ1v) is 15.1. The van der Waals surface area contributed by atoms with Crippen LogP contribution in [0.5, 0.6) is 0 Å². The molecule has 3 rings (SSSR count). The summed E-state index contributed by atoms with van der Waals surface area (Å²) in [7, 11) is 0. The maximum Gasteiger partial charge on any atom is 0.0864 e. The predicted molar refractivity (Wildman–Crippen MR) is 171 cm³/mol. The van der Waals surface area contributed by atoms with Crippen molar-refractivity contribution >= 4 is 34.4 Å². The average Bonchev–Trinajstić information content (AvgIpc) is 2.88. The standard InChI is InChI=1S/C35H46ClN3/c1-9-13-27-17-23(5)18-28(14-10-2)34(27)37-25(7)32-21-31(36)22-33(39-32)26(8)38-35-29(15-11-3)19-24(6)20-30(35)16-12-4/h17-22H,9-16H2,1-8H3. The van der Waals surface area contributed by atoms with E-state index in [-0.39, 0.29) is 0 Å². The Morgan fingerprint density at radius 3 is 1.18 bits per heavy atom. The van der Waals surface area contributed by atoms with Gasteiger partial charge < -0.3 is 0 Å². The molecule has 0 atom stereocenters. The second kappa shape index (κ2) is 14.6. The number of halogens is 1. The number of hydrogen-bond donors (Lipinski definition) is 0. The molecule has 1 aromatic heterocycles. The van der Waals surface area contributed by atoms with Gasteiger partial charge in [-0.3, -0.25) is 9.98 Å². The summed E-state index contributed by atoms with van der Waals surface area (Å²) in [5.74, 6) is 0. The normalized spacial score (nSPS) is 12.3. The third-order valence-electron chi connectivity index (χ3n) is 6.99. The smallest absolute Gasteiger partial charge is 0.0864 e. The molecule has 0 bridgehead atoms. The molecule has 0 aliphatic rings. The first-order valence-electron chi connectivity index (χ1n) is 14.7. The van der Waals surface area contributed by atoms with Gasteiger partial charge in [0.25, 0.3) is 0 Å². The van der Waals surface area contributed by atoms with Gasteiger partial charge >= 0.3 is 0 Å². The fraction of sp³-hybridized carbons (Fsp3) is 0.457. The molecule has 0 saturated heterocycles. The van der Waals surface area contributed by atoms with Gasteiger partial charge in [-0.2, -0.15) is 0 Å². The molecule has 0 radical (unpaired) electrons. The SMILES string of the molecule is CCCc1cc(C)cc(CCC)c1N=C(C)c1cc(Cl)cc(C(C)=Nc2c(CCC)cc(C)cc2CCC)n1. The van der Waals surface area contributed by atoms with Crippen molar-refractivity contribution in [3.63, 3.8) is 0 Å². The number of aliphatic imine (C=N–C) groups is 2. The maximum absolute atomic E-state index is 6.66. The summed E-state index contributed by atoms with van der Waals surface area (Å²) in [6.07, 6.45) is 8.41. The molecule has 0 aliphatic heterocycles. The van der Waals surface area contributed by atoms with Crippen molar-refractivity contribution in [3.8, 4) is 0 Å². The Balaban J connectivity index is 2.11. The Bertz CT molecular complexity index is 1200. The van der Waals surface area contributed by atoms with Crippen molar-refractivity contribution in [2.24, 2.45) is 9.98 Å². The Morgan fingerprint density at radius 1 is 0.590 bits per heavy atom. The number of benzene rings is 2. The van der Waals surface area contributed by atoms with E-state index >= 15 is 0 Å². The van der Waals surface area contributed by atoms with Crippen molar-refractivity contribution in [2.45, 2.75) is 107 Å². The minimum atomic E-state index is 0.650. The van der Waals surface area contributed by atoms with Gasteiger partial charge in [0.1, 0.15) is 0 Å². The number of aryl methyl sites for hydroxylation is 6. The third-order valence-corrected chi connectivity index (χ3v) is 7.21. The van der Waals surface area contributed by atoms with E-state index in [0.29, 0.717) is 5.02 Å². The molecule has 3 nitrogen and oxygen atoms in total. The molecule has 4 heteroatoms. The summed E-state index contributed by atoms with van der Waals surface area (Å²) in [5, 5.41) is 0.650. The molecule has 208 valence electrons. The summed E-state index contributed by atoms with van der Waals surface area (Å²) < 4.78 is 0. The lowest BCUT2D eigenvalue weighted by molar-refractivity contribution is 0.892. The van der Waals surface area contributed by atoms with Gasteiger partial charge in [0.2, 0.25) is 0 Å². The second-order valence-electron chi connectivity index (χ2n) is 10.8. The molecular weight excluding hydrogens is 498 g/mol. The van der Waals surface area contributed by atoms with E-state index in [0.717, 1.165) is 85.6 Å². The molecule has 1 heterocycles. The van der Waals surface area contributed by atoms with Crippen LogP contribution in [0.1, 0.15) is 112 Å². The highest BCUT2D eigenvalue weighted by Crippen LogP contribution is 2.31. The van der Waals surface area contributed by atoms with E-state index in [1.165, 1.54) is 33.4 Å². The van der Waals surface area contributed by atoms with E-state index < -0.39 is 0 Å². The van der Waals surface area contributed by atoms with Crippen LogP contribution in [0.3, 0.4) is 0 Å². The van der Waals surface area contributed by atoms with Crippen molar-refractivity contribution in [1.82, 2.24) is 4.98 Å². The van der Waals surface area contributed by atoms with Crippen molar-refractivity contribution in [1.29, 1.82) is 0 Å². The Labute approximate surface area is 241 Å². The van der Waals surface area contributed by atoms with Crippen LogP contribution in [0.2, 0.25) is 5.02 Å². The topological polar surface area (TPSA) is 37.6 Å². The highest BCUT2D eigenvalue weighted by molar-refractivity contribution is 6.31. The van der Waals surface area contributed by atoms with Gasteiger partial charge in [0.15, 0.2) is 0 Å². The van der Waals surface area contributed by atoms with Crippen LogP contribution >= 0.6 is 11.6 Å². The van der Waals surface area contributed by atoms with E-state index in [1.54, 1.807) is 0 Å². The molecule has 0 amide bonds. The predicted octanol–water partition coefficient (Wildman–Crippen LogP) is 10.4. The summed E-state index contributed by atoms with van der Waals surface area (Å²) in [4.78, 5) is 15.4. The van der Waals surface area contributed by atoms with Gasteiger partial charge in [-0.05, 0) is 87.8 Å². The van der Waals surface area contributed by atoms with E-state index in [1.807, 2.05) is 26.0 Å². The minimum Gasteiger partial charge on any atom is -0.251 e. The van der Waals surface area contributed by atoms with Crippen molar-refractivity contribution in [3.05, 3.63) is 86.2 Å². The zero-order valence-corrected chi connectivity index (χ0v) is 26.1. The molecule has 0 saturated carbocycles. The highest BCUT2D eigenvalue weighted by atomic mass is 35.5. The first kappa shape index (κ1) is 30.8. The van der Waals surface area contributed by atoms with Crippen LogP contribution in [0.15, 0.2) is 46.4 Å². The van der Waals surface area contributed by atoms with Gasteiger partial charge in [-0.15, -0.1) is 0 Å². The lowest BCUT2D eigenvalue weighted by atomic mass is 9.97. The quantitative estimate of drug-likeness (QED) is 0.209. The van der Waals surface area contributed by atoms with Gasteiger partial charge in [0, 0.05) is 5.02 Å². The number of nitrogens with zero attached hydrogens (tertiary/aromatic N) is 3. The van der Waals surface area contributed by atoms with Crippen LogP contribution < -0.4 is 0 Å². The molecular formula is C35H46ClN3. The average molecular weight is 544 g/mol. The minimum absolute atomic E-state index is 0.650. The summed E-state index contributed by atoms with van der Waals surface area (Å²) >= 11 is 6.66. The van der Waals surface area contributed by atoms with Crippen LogP contribution in [0.4, 0.5) is 11.4 Å². The Hall–Kier alpha value is -2.78. The Kier molecular flexibility index (Phi) is 11.5. The van der Waals surface area contributed by atoms with Crippen LogP contribution in [-0.2, 0) is 25.7 Å². The summed E-state index contributed by atoms with van der Waals surface area (Å²) in [6.45, 7) is 17.3. The molecule has 0 fully saturated rings. The van der Waals surface area contributed by atoms with Crippen molar-refractivity contribution < 1.29 is 0 Å². The Morgan fingerprint density at radius 2 is 0.897 bits per heavy atom. The zero-order chi connectivity index (χ0) is 28.5. The van der Waals surface area contributed by atoms with Gasteiger partial charge in [0.05, 0.1) is 34.2 Å². The molecule has 0 spiro atoms. The molecule has 2 aromatic carbocycles. The fourth-order valence-electron chi connectivity index (χ4n) is 5.31. The molecule has 0 N–H and O–H groups in total. The summed E-state index contributed by atoms with van der Waals surface area (Å²) in [5.41, 5.74) is 13.4. The number of pyridine rings is 1. The third kappa shape index (κ3) is 8.11. The van der Waals surface area contributed by atoms with E-state index in [2.05, 4.69) is 65.8 Å². The fourth-order valence-corrected chi connectivity index (χ4v) is 5.52. The van der Waals surface area contributed by atoms with Gasteiger partial charge in [-0.1, -0.05) is 100 Å². The van der Waals surface area contributed by atoms with Gasteiger partial charge in [-0.25, -0.2) is 4.98 Å². The number of rotatable bonds is 12. The largest absolute Gasteiger partial charge is 0.251 e. The number of hydrogen-bond acceptors (Lipinski definition) is 3. The van der Waals surface area contributed by atoms with Crippen LogP contribution in [-0.4, -0.2) is 16.4 Å². The first-order chi connectivity index (χ1) is 18.7. The van der Waals surface area contributed by atoms with E-state index in [9.17, 15) is 0 Å². The molecule has 0 aliphatic carbocycles. The maximum atomic E-state index is 6.66. The highest BCUT2D eigenvalue weighted by Gasteiger charge is 2.14. The monoisotopic (exact) mass is 543 g/mol. The van der Waals surface area contributed by atoms with Crippen molar-refractivity contribution in [2.75, 3.05) is 0 Å². The van der Waals surface area contributed by atoms with Crippen LogP contribution in [0, 0.1) is 13.8 Å². The lowest BCUT2D eigenvalue weighted by Crippen LogP contribution is -2.07. The summed E-state index contributed by atoms with van der Waals surface area (Å²) in [6, 6.07) is 13.0.